The number of allylic oxidation sites excluding steroid dienone is 1. The van der Waals surface area contributed by atoms with Gasteiger partial charge in [0.15, 0.2) is 5.78 Å². The van der Waals surface area contributed by atoms with E-state index >= 15 is 0 Å². The molecule has 0 radical (unpaired) electrons. The maximum Gasteiger partial charge on any atom is 0.185 e. The maximum atomic E-state index is 11.6. The normalized spacial score (nSPS) is 10.0. The fraction of sp³-hybridized carbons (Fsp3) is 0.147. The quantitative estimate of drug-likeness (QED) is 0.121. The molecule has 0 heterocycles. The molecule has 4 aromatic carbocycles. The smallest absolute Gasteiger partial charge is 0.185 e. The van der Waals surface area contributed by atoms with Crippen LogP contribution in [0.15, 0.2) is 97.6 Å². The van der Waals surface area contributed by atoms with Gasteiger partial charge in [-0.1, -0.05) is 62.2 Å². The van der Waals surface area contributed by atoms with Crippen LogP contribution in [0.4, 0.5) is 0 Å². The molecule has 4 aromatic rings. The second-order valence-corrected chi connectivity index (χ2v) is 8.50. The van der Waals surface area contributed by atoms with Gasteiger partial charge in [-0.05, 0) is 96.1 Å². The van der Waals surface area contributed by atoms with E-state index in [0.29, 0.717) is 5.56 Å². The molecule has 36 heavy (non-hydrogen) atoms. The molecule has 4 rings (SSSR count). The Labute approximate surface area is 213 Å². The summed E-state index contributed by atoms with van der Waals surface area (Å²) in [5.74, 6) is 13.6. The molecule has 176 valence electrons. The second kappa shape index (κ2) is 12.3. The van der Waals surface area contributed by atoms with E-state index in [0.717, 1.165) is 51.8 Å². The molecule has 0 atom stereocenters. The van der Waals surface area contributed by atoms with Gasteiger partial charge in [0.25, 0.3) is 0 Å². The highest BCUT2D eigenvalue weighted by molar-refractivity contribution is 6.04. The molecule has 0 aromatic heterocycles. The summed E-state index contributed by atoms with van der Waals surface area (Å²) >= 11 is 0. The van der Waals surface area contributed by atoms with Crippen LogP contribution in [0.2, 0.25) is 0 Å². The number of hydrogen-bond acceptors (Lipinski definition) is 2. The first-order valence-electron chi connectivity index (χ1n) is 12.2. The Hall–Kier alpha value is -4.53. The van der Waals surface area contributed by atoms with E-state index in [2.05, 4.69) is 61.4 Å². The predicted octanol–water partition coefficient (Wildman–Crippen LogP) is 7.58. The van der Waals surface area contributed by atoms with Crippen molar-refractivity contribution in [2.45, 2.75) is 26.2 Å². The first-order chi connectivity index (χ1) is 17.6. The van der Waals surface area contributed by atoms with Crippen LogP contribution in [0.5, 0.6) is 5.75 Å². The largest absolute Gasteiger partial charge is 0.494 e. The number of hydrogen-bond donors (Lipinski definition) is 0. The van der Waals surface area contributed by atoms with Crippen LogP contribution >= 0.6 is 0 Å². The minimum atomic E-state index is -0.0909. The summed E-state index contributed by atoms with van der Waals surface area (Å²) in [6.45, 7) is 6.47. The monoisotopic (exact) mass is 468 g/mol. The van der Waals surface area contributed by atoms with E-state index in [4.69, 9.17) is 4.74 Å². The van der Waals surface area contributed by atoms with Crippen molar-refractivity contribution in [3.63, 3.8) is 0 Å². The first-order valence-corrected chi connectivity index (χ1v) is 12.2. The molecule has 2 nitrogen and oxygen atoms in total. The van der Waals surface area contributed by atoms with Crippen LogP contribution in [0.1, 0.15) is 58.8 Å². The van der Waals surface area contributed by atoms with Crippen molar-refractivity contribution >= 4 is 16.6 Å². The Morgan fingerprint density at radius 3 is 1.86 bits per heavy atom. The molecule has 0 aliphatic carbocycles. The number of fused-ring (bicyclic) bond motifs is 1. The third-order valence-electron chi connectivity index (χ3n) is 5.77. The average Bonchev–Trinajstić information content (AvgIpc) is 2.93. The zero-order valence-corrected chi connectivity index (χ0v) is 20.5. The molecule has 0 N–H and O–H groups in total. The van der Waals surface area contributed by atoms with E-state index < -0.39 is 0 Å². The Balaban J connectivity index is 1.40. The van der Waals surface area contributed by atoms with Crippen LogP contribution in [0, 0.1) is 23.7 Å². The molecule has 0 aliphatic rings. The van der Waals surface area contributed by atoms with Gasteiger partial charge in [0.05, 0.1) is 6.61 Å². The highest BCUT2D eigenvalue weighted by Gasteiger charge is 2.00. The summed E-state index contributed by atoms with van der Waals surface area (Å²) in [4.78, 5) is 11.6. The molecule has 0 fully saturated rings. The average molecular weight is 469 g/mol. The van der Waals surface area contributed by atoms with E-state index in [-0.39, 0.29) is 5.78 Å². The van der Waals surface area contributed by atoms with Gasteiger partial charge in [0.1, 0.15) is 5.75 Å². The molecule has 0 spiro atoms. The van der Waals surface area contributed by atoms with Crippen molar-refractivity contribution in [2.75, 3.05) is 6.61 Å². The van der Waals surface area contributed by atoms with Gasteiger partial charge in [-0.2, -0.15) is 0 Å². The number of ether oxygens (including phenoxy) is 1. The van der Waals surface area contributed by atoms with Crippen molar-refractivity contribution in [1.82, 2.24) is 0 Å². The van der Waals surface area contributed by atoms with Crippen LogP contribution in [-0.4, -0.2) is 12.4 Å². The third-order valence-corrected chi connectivity index (χ3v) is 5.77. The molecule has 0 bridgehead atoms. The summed E-state index contributed by atoms with van der Waals surface area (Å²) in [7, 11) is 0. The van der Waals surface area contributed by atoms with E-state index in [9.17, 15) is 4.79 Å². The second-order valence-electron chi connectivity index (χ2n) is 8.50. The summed E-state index contributed by atoms with van der Waals surface area (Å²) in [6, 6.07) is 27.6. The van der Waals surface area contributed by atoms with Crippen molar-refractivity contribution in [3.8, 4) is 29.4 Å². The number of carbonyl (C=O) groups excluding carboxylic acids is 1. The zero-order valence-electron chi connectivity index (χ0n) is 20.5. The lowest BCUT2D eigenvalue weighted by Gasteiger charge is -2.07. The van der Waals surface area contributed by atoms with Gasteiger partial charge >= 0.3 is 0 Å². The third kappa shape index (κ3) is 6.75. The number of carbonyl (C=O) groups is 1. The van der Waals surface area contributed by atoms with Crippen LogP contribution < -0.4 is 4.74 Å². The SMILES string of the molecule is C=CC(=O)c1ccc(C#Cc2ccc(C#Cc3ccc4cc(OCCCCC)ccc4c3)cc2)cc1. The standard InChI is InChI=1S/C34H28O2/c1-3-5-6-23-36-33-22-21-31-24-29(17-20-32(31)25-33)14-13-27-9-7-26(8-10-27)11-12-28-15-18-30(19-16-28)34(35)4-2/h4,7-10,15-22,24-25H,2-3,5-6,23H2,1H3. The fourth-order valence-electron chi connectivity index (χ4n) is 3.69. The fourth-order valence-corrected chi connectivity index (χ4v) is 3.69. The van der Waals surface area contributed by atoms with E-state index in [1.54, 1.807) is 12.1 Å². The molecule has 0 saturated carbocycles. The summed E-state index contributed by atoms with van der Waals surface area (Å²) < 4.78 is 5.87. The van der Waals surface area contributed by atoms with Gasteiger partial charge < -0.3 is 4.74 Å². The van der Waals surface area contributed by atoms with E-state index in [1.165, 1.54) is 18.9 Å². The molecule has 0 saturated heterocycles. The van der Waals surface area contributed by atoms with Gasteiger partial charge in [-0.15, -0.1) is 0 Å². The number of unbranched alkanes of at least 4 members (excludes halogenated alkanes) is 2. The van der Waals surface area contributed by atoms with Gasteiger partial charge in [0, 0.05) is 27.8 Å². The van der Waals surface area contributed by atoms with Crippen molar-refractivity contribution in [2.24, 2.45) is 0 Å². The zero-order chi connectivity index (χ0) is 25.2. The lowest BCUT2D eigenvalue weighted by Crippen LogP contribution is -1.96. The summed E-state index contributed by atoms with van der Waals surface area (Å²) in [5.41, 5.74) is 4.28. The molecular formula is C34H28O2. The van der Waals surface area contributed by atoms with Crippen molar-refractivity contribution in [3.05, 3.63) is 125 Å². The Bertz CT molecular complexity index is 1490. The Kier molecular flexibility index (Phi) is 8.37. The Morgan fingerprint density at radius 1 is 0.722 bits per heavy atom. The number of ketones is 1. The van der Waals surface area contributed by atoms with Gasteiger partial charge in [0.2, 0.25) is 0 Å². The Morgan fingerprint density at radius 2 is 1.25 bits per heavy atom. The topological polar surface area (TPSA) is 26.3 Å². The number of rotatable bonds is 7. The minimum Gasteiger partial charge on any atom is -0.494 e. The highest BCUT2D eigenvalue weighted by Crippen LogP contribution is 2.22. The molecule has 0 unspecified atom stereocenters. The first kappa shape index (κ1) is 24.6. The molecule has 2 heteroatoms. The van der Waals surface area contributed by atoms with Gasteiger partial charge in [-0.3, -0.25) is 4.79 Å². The molecule has 0 amide bonds. The van der Waals surface area contributed by atoms with Crippen LogP contribution in [-0.2, 0) is 0 Å². The van der Waals surface area contributed by atoms with E-state index in [1.807, 2.05) is 48.5 Å². The lowest BCUT2D eigenvalue weighted by atomic mass is 10.1. The van der Waals surface area contributed by atoms with Crippen molar-refractivity contribution < 1.29 is 9.53 Å². The minimum absolute atomic E-state index is 0.0909. The van der Waals surface area contributed by atoms with Crippen molar-refractivity contribution in [1.29, 1.82) is 0 Å². The van der Waals surface area contributed by atoms with Gasteiger partial charge in [-0.25, -0.2) is 0 Å². The number of benzene rings is 4. The summed E-state index contributed by atoms with van der Waals surface area (Å²) in [5, 5.41) is 2.30. The predicted molar refractivity (Wildman–Crippen MR) is 148 cm³/mol. The lowest BCUT2D eigenvalue weighted by molar-refractivity contribution is 0.104. The molecular weight excluding hydrogens is 440 g/mol. The maximum absolute atomic E-state index is 11.6. The van der Waals surface area contributed by atoms with Crippen LogP contribution in [0.3, 0.4) is 0 Å². The molecule has 0 aliphatic heterocycles. The summed E-state index contributed by atoms with van der Waals surface area (Å²) in [6.07, 6.45) is 4.79. The highest BCUT2D eigenvalue weighted by atomic mass is 16.5. The van der Waals surface area contributed by atoms with Crippen LogP contribution in [0.25, 0.3) is 10.8 Å².